The largest absolute Gasteiger partial charge is 0.508 e. The molecular weight excluding hydrogens is 251 g/mol. The van der Waals surface area contributed by atoms with Crippen molar-refractivity contribution >= 4 is 9.90 Å². The highest BCUT2D eigenvalue weighted by Crippen LogP contribution is 2.34. The molecule has 0 heterocycles. The van der Waals surface area contributed by atoms with E-state index in [1.165, 1.54) is 12.0 Å². The van der Waals surface area contributed by atoms with Gasteiger partial charge in [0.05, 0.1) is 0 Å². The number of benzene rings is 1. The van der Waals surface area contributed by atoms with E-state index >= 15 is 0 Å². The second-order valence-electron chi connectivity index (χ2n) is 6.94. The first-order valence-electron chi connectivity index (χ1n) is 6.88. The van der Waals surface area contributed by atoms with Crippen LogP contribution in [0.2, 0.25) is 0 Å². The maximum absolute atomic E-state index is 9.84. The normalized spacial score (nSPS) is 11.2. The minimum atomic E-state index is -0.00859. The van der Waals surface area contributed by atoms with Gasteiger partial charge in [0.25, 0.3) is 0 Å². The Morgan fingerprint density at radius 2 is 1.32 bits per heavy atom. The lowest BCUT2D eigenvalue weighted by Gasteiger charge is -2.25. The summed E-state index contributed by atoms with van der Waals surface area (Å²) in [7, 11) is 0. The smallest absolute Gasteiger partial charge is 0.119 e. The topological polar surface area (TPSA) is 20.2 Å². The third kappa shape index (κ3) is 6.97. The third-order valence-corrected chi connectivity index (χ3v) is 2.67. The average Bonchev–Trinajstić information content (AvgIpc) is 2.15. The fourth-order valence-electron chi connectivity index (χ4n) is 1.60. The minimum Gasteiger partial charge on any atom is -0.508 e. The van der Waals surface area contributed by atoms with E-state index in [0.29, 0.717) is 5.75 Å². The molecule has 0 amide bonds. The highest BCUT2D eigenvalue weighted by atomic mass is 31.0. The minimum absolute atomic E-state index is 0. The zero-order valence-electron chi connectivity index (χ0n) is 14.1. The number of hydrogen-bond acceptors (Lipinski definition) is 1. The zero-order chi connectivity index (χ0) is 14.6. The average molecular weight is 284 g/mol. The second-order valence-corrected chi connectivity index (χ2v) is 6.94. The van der Waals surface area contributed by atoms with Gasteiger partial charge >= 0.3 is 0 Å². The predicted octanol–water partition coefficient (Wildman–Crippen LogP) is 5.46. The highest BCUT2D eigenvalue weighted by molar-refractivity contribution is 6.92. The van der Waals surface area contributed by atoms with Gasteiger partial charge in [-0.3, -0.25) is 0 Å². The van der Waals surface area contributed by atoms with Crippen LogP contribution in [0.4, 0.5) is 0 Å². The molecule has 0 aromatic heterocycles. The van der Waals surface area contributed by atoms with Crippen molar-refractivity contribution in [3.8, 4) is 5.75 Å². The lowest BCUT2D eigenvalue weighted by Crippen LogP contribution is -2.16. The molecule has 1 aromatic rings. The summed E-state index contributed by atoms with van der Waals surface area (Å²) in [5.74, 6) is 0.399. The lowest BCUT2D eigenvalue weighted by molar-refractivity contribution is 0.444. The Morgan fingerprint density at radius 1 is 0.895 bits per heavy atom. The monoisotopic (exact) mass is 284 g/mol. The Bertz CT molecular complexity index is 370. The molecule has 1 rings (SSSR count). The first-order valence-corrected chi connectivity index (χ1v) is 6.88. The molecule has 19 heavy (non-hydrogen) atoms. The van der Waals surface area contributed by atoms with E-state index in [9.17, 15) is 5.11 Å². The van der Waals surface area contributed by atoms with Crippen LogP contribution in [0.25, 0.3) is 0 Å². The van der Waals surface area contributed by atoms with Crippen molar-refractivity contribution in [2.45, 2.75) is 72.6 Å². The summed E-state index contributed by atoms with van der Waals surface area (Å²) >= 11 is 0. The Balaban J connectivity index is 0. The van der Waals surface area contributed by atoms with Crippen LogP contribution in [0.15, 0.2) is 18.2 Å². The Labute approximate surface area is 123 Å². The van der Waals surface area contributed by atoms with Crippen molar-refractivity contribution in [1.82, 2.24) is 0 Å². The van der Waals surface area contributed by atoms with Gasteiger partial charge in [-0.25, -0.2) is 0 Å². The summed E-state index contributed by atoms with van der Waals surface area (Å²) in [5, 5.41) is 9.84. The first kappa shape index (κ1) is 20.8. The molecule has 1 atom stereocenters. The van der Waals surface area contributed by atoms with E-state index in [4.69, 9.17) is 0 Å². The van der Waals surface area contributed by atoms with Gasteiger partial charge < -0.3 is 5.11 Å². The highest BCUT2D eigenvalue weighted by Gasteiger charge is 2.21. The zero-order valence-corrected chi connectivity index (χ0v) is 15.5. The molecule has 0 saturated carbocycles. The summed E-state index contributed by atoms with van der Waals surface area (Å²) in [4.78, 5) is 0. The molecule has 0 spiro atoms. The van der Waals surface area contributed by atoms with Crippen molar-refractivity contribution in [1.29, 1.82) is 0 Å². The van der Waals surface area contributed by atoms with Gasteiger partial charge in [0, 0.05) is 0 Å². The summed E-state index contributed by atoms with van der Waals surface area (Å²) < 4.78 is 0. The van der Waals surface area contributed by atoms with Crippen LogP contribution in [0.3, 0.4) is 0 Å². The van der Waals surface area contributed by atoms with Crippen LogP contribution in [0.1, 0.15) is 72.9 Å². The van der Waals surface area contributed by atoms with E-state index in [2.05, 4.69) is 61.5 Å². The summed E-state index contributed by atoms with van der Waals surface area (Å²) in [6.45, 7) is 17.2. The van der Waals surface area contributed by atoms with Crippen molar-refractivity contribution in [3.63, 3.8) is 0 Å². The van der Waals surface area contributed by atoms with E-state index in [1.54, 1.807) is 6.07 Å². The van der Waals surface area contributed by atoms with E-state index in [-0.39, 0.29) is 20.7 Å². The fraction of sp³-hybridized carbons (Fsp3) is 0.647. The summed E-state index contributed by atoms with van der Waals surface area (Å²) in [6, 6.07) is 5.93. The van der Waals surface area contributed by atoms with Gasteiger partial charge in [0.1, 0.15) is 5.75 Å². The standard InChI is InChI=1S/C14H22O.C3H8.H3P/c1-13(2,3)10-7-8-12(15)11(9-10)14(4,5)6;1-3-2;/h7-9,15H,1-6H3;3H2,1-2H3;1H3. The van der Waals surface area contributed by atoms with Crippen LogP contribution >= 0.6 is 9.90 Å². The molecule has 0 bridgehead atoms. The van der Waals surface area contributed by atoms with Crippen molar-refractivity contribution in [2.75, 3.05) is 0 Å². The van der Waals surface area contributed by atoms with Crippen LogP contribution < -0.4 is 0 Å². The van der Waals surface area contributed by atoms with Crippen LogP contribution in [0, 0.1) is 0 Å². The Kier molecular flexibility index (Phi) is 8.63. The molecule has 1 unspecified atom stereocenters. The molecule has 0 aliphatic rings. The van der Waals surface area contributed by atoms with E-state index in [1.807, 2.05) is 6.07 Å². The van der Waals surface area contributed by atoms with Crippen LogP contribution in [-0.2, 0) is 10.8 Å². The number of hydrogen-bond donors (Lipinski definition) is 1. The fourth-order valence-corrected chi connectivity index (χ4v) is 1.60. The molecule has 0 aliphatic heterocycles. The van der Waals surface area contributed by atoms with E-state index in [0.717, 1.165) is 5.56 Å². The molecular formula is C17H33OP. The summed E-state index contributed by atoms with van der Waals surface area (Å²) in [6.07, 6.45) is 1.25. The molecule has 1 aromatic carbocycles. The van der Waals surface area contributed by atoms with Crippen LogP contribution in [0.5, 0.6) is 5.75 Å². The van der Waals surface area contributed by atoms with Crippen molar-refractivity contribution < 1.29 is 5.11 Å². The number of rotatable bonds is 0. The number of phenolic OH excluding ortho intramolecular Hbond substituents is 1. The van der Waals surface area contributed by atoms with E-state index < -0.39 is 0 Å². The molecule has 0 radical (unpaired) electrons. The van der Waals surface area contributed by atoms with Crippen molar-refractivity contribution in [3.05, 3.63) is 29.3 Å². The molecule has 0 fully saturated rings. The van der Waals surface area contributed by atoms with Gasteiger partial charge in [-0.1, -0.05) is 73.9 Å². The van der Waals surface area contributed by atoms with Gasteiger partial charge in [-0.15, -0.1) is 0 Å². The molecule has 0 aliphatic carbocycles. The first-order chi connectivity index (χ1) is 8.04. The Hall–Kier alpha value is -0.550. The lowest BCUT2D eigenvalue weighted by atomic mass is 9.80. The molecule has 2 heteroatoms. The van der Waals surface area contributed by atoms with Crippen LogP contribution in [-0.4, -0.2) is 5.11 Å². The SMILES string of the molecule is CC(C)(C)c1ccc(O)c(C(C)(C)C)c1.CCC.P. The van der Waals surface area contributed by atoms with Gasteiger partial charge in [0.2, 0.25) is 0 Å². The van der Waals surface area contributed by atoms with Gasteiger partial charge in [0.15, 0.2) is 0 Å². The maximum atomic E-state index is 9.84. The van der Waals surface area contributed by atoms with Gasteiger partial charge in [-0.05, 0) is 28.0 Å². The summed E-state index contributed by atoms with van der Waals surface area (Å²) in [5.41, 5.74) is 2.42. The molecule has 112 valence electrons. The molecule has 1 N–H and O–H groups in total. The second kappa shape index (κ2) is 7.90. The Morgan fingerprint density at radius 3 is 1.63 bits per heavy atom. The van der Waals surface area contributed by atoms with Gasteiger partial charge in [-0.2, -0.15) is 9.90 Å². The third-order valence-electron chi connectivity index (χ3n) is 2.67. The molecule has 0 saturated heterocycles. The van der Waals surface area contributed by atoms with Crippen molar-refractivity contribution in [2.24, 2.45) is 0 Å². The number of phenols is 1. The number of aromatic hydroxyl groups is 1. The quantitative estimate of drug-likeness (QED) is 0.627. The molecule has 1 nitrogen and oxygen atoms in total. The maximum Gasteiger partial charge on any atom is 0.119 e. The predicted molar refractivity (Wildman–Crippen MR) is 92.6 cm³/mol.